The fraction of sp³-hybridized carbons (Fsp3) is 0.333. The molecule has 5 heteroatoms. The van der Waals surface area contributed by atoms with Crippen LogP contribution in [0.5, 0.6) is 0 Å². The lowest BCUT2D eigenvalue weighted by atomic mass is 10.4. The molecule has 0 unspecified atom stereocenters. The van der Waals surface area contributed by atoms with Gasteiger partial charge in [-0.25, -0.2) is 9.78 Å². The first-order valence-corrected chi connectivity index (χ1v) is 3.60. The quantitative estimate of drug-likeness (QED) is 0.601. The molecule has 1 heterocycles. The van der Waals surface area contributed by atoms with Crippen molar-refractivity contribution in [3.8, 4) is 0 Å². The van der Waals surface area contributed by atoms with E-state index < -0.39 is 5.97 Å². The highest BCUT2D eigenvalue weighted by atomic mass is 27.1. The van der Waals surface area contributed by atoms with E-state index in [1.807, 2.05) is 23.5 Å². The van der Waals surface area contributed by atoms with Crippen LogP contribution in [0.1, 0.15) is 23.3 Å². The van der Waals surface area contributed by atoms with Gasteiger partial charge in [0, 0.05) is 0 Å². The maximum atomic E-state index is 10.7. The van der Waals surface area contributed by atoms with Crippen molar-refractivity contribution in [1.82, 2.24) is 4.98 Å². The van der Waals surface area contributed by atoms with Crippen molar-refractivity contribution >= 4 is 22.6 Å². The fourth-order valence-corrected chi connectivity index (χ4v) is 0.714. The Hall–Kier alpha value is -0.788. The zero-order valence-electron chi connectivity index (χ0n) is 6.03. The summed E-state index contributed by atoms with van der Waals surface area (Å²) in [5, 5.41) is 0. The lowest BCUT2D eigenvalue weighted by Crippen LogP contribution is -2.02. The van der Waals surface area contributed by atoms with Crippen LogP contribution in [0.15, 0.2) is 10.7 Å². The zero-order valence-corrected chi connectivity index (χ0v) is 7.19. The average molecular weight is 167 g/mol. The van der Waals surface area contributed by atoms with Crippen LogP contribution in [-0.2, 0) is 10.2 Å². The molecule has 0 N–H and O–H groups in total. The molecule has 1 aromatic rings. The first-order valence-electron chi connectivity index (χ1n) is 3.13. The van der Waals surface area contributed by atoms with Gasteiger partial charge < -0.3 is 8.21 Å². The number of carbonyl (C=O) groups is 1. The molecule has 56 valence electrons. The van der Waals surface area contributed by atoms with Crippen LogP contribution in [0.4, 0.5) is 0 Å². The largest absolute Gasteiger partial charge is 0.621 e. The van der Waals surface area contributed by atoms with Gasteiger partial charge in [0.05, 0.1) is 5.69 Å². The molecule has 2 radical (unpaired) electrons. The topological polar surface area (TPSA) is 52.3 Å². The van der Waals surface area contributed by atoms with Gasteiger partial charge in [0.1, 0.15) is 6.26 Å². The van der Waals surface area contributed by atoms with Crippen molar-refractivity contribution < 1.29 is 13.0 Å². The first kappa shape index (κ1) is 8.31. The Labute approximate surface area is 72.3 Å². The number of hydrogen-bond donors (Lipinski definition) is 0. The minimum absolute atomic E-state index is 0.00292. The molecule has 0 saturated heterocycles. The lowest BCUT2D eigenvalue weighted by Gasteiger charge is -1.92. The summed E-state index contributed by atoms with van der Waals surface area (Å²) in [5.74, 6) is -0.577. The van der Waals surface area contributed by atoms with E-state index in [0.29, 0.717) is 0 Å². The normalized spacial score (nSPS) is 9.55. The van der Waals surface area contributed by atoms with E-state index in [4.69, 9.17) is 4.42 Å². The molecule has 0 aromatic carbocycles. The number of aryl methyl sites for hydroxylation is 1. The van der Waals surface area contributed by atoms with Gasteiger partial charge in [-0.1, -0.05) is 6.92 Å². The van der Waals surface area contributed by atoms with E-state index in [1.54, 1.807) is 0 Å². The Kier molecular flexibility index (Phi) is 2.69. The number of rotatable bonds is 2. The molecule has 4 nitrogen and oxygen atoms in total. The molecule has 0 spiro atoms. The summed E-state index contributed by atoms with van der Waals surface area (Å²) in [6.45, 7) is 1.92. The highest BCUT2D eigenvalue weighted by molar-refractivity contribution is 6.08. The highest BCUT2D eigenvalue weighted by Crippen LogP contribution is 2.02. The van der Waals surface area contributed by atoms with E-state index in [9.17, 15) is 4.79 Å². The fourth-order valence-electron chi connectivity index (χ4n) is 0.614. The van der Waals surface area contributed by atoms with Crippen LogP contribution >= 0.6 is 0 Å². The standard InChI is InChI=1S/C6H7NO3.Al/c1-2-4-3-10-5(7-4)6(8)9;/h3H,2H2,1H3,(H,8,9);/q;+1/p-1. The van der Waals surface area contributed by atoms with Crippen molar-refractivity contribution in [3.05, 3.63) is 17.8 Å². The number of hydrogen-bond acceptors (Lipinski definition) is 4. The van der Waals surface area contributed by atoms with Gasteiger partial charge in [-0.3, -0.25) is 0 Å². The van der Waals surface area contributed by atoms with Crippen molar-refractivity contribution in [2.45, 2.75) is 13.3 Å². The van der Waals surface area contributed by atoms with Gasteiger partial charge in [0.2, 0.25) is 0 Å². The Morgan fingerprint density at radius 2 is 2.64 bits per heavy atom. The van der Waals surface area contributed by atoms with Crippen LogP contribution in [0.3, 0.4) is 0 Å². The summed E-state index contributed by atoms with van der Waals surface area (Å²) >= 11 is 1.84. The van der Waals surface area contributed by atoms with E-state index >= 15 is 0 Å². The van der Waals surface area contributed by atoms with Crippen molar-refractivity contribution in [2.75, 3.05) is 0 Å². The molecule has 0 saturated carbocycles. The van der Waals surface area contributed by atoms with Crippen LogP contribution in [0.2, 0.25) is 0 Å². The van der Waals surface area contributed by atoms with Crippen molar-refractivity contribution in [2.24, 2.45) is 0 Å². The monoisotopic (exact) mass is 167 g/mol. The summed E-state index contributed by atoms with van der Waals surface area (Å²) in [6, 6.07) is 0. The van der Waals surface area contributed by atoms with Gasteiger partial charge in [0.15, 0.2) is 0 Å². The average Bonchev–Trinajstić information content (AvgIpc) is 2.50. The summed E-state index contributed by atoms with van der Waals surface area (Å²) in [5.41, 5.74) is 0.746. The van der Waals surface area contributed by atoms with E-state index in [1.165, 1.54) is 6.26 Å². The second-order valence-corrected chi connectivity index (χ2v) is 2.14. The third kappa shape index (κ3) is 1.82. The predicted molar refractivity (Wildman–Crippen MR) is 37.1 cm³/mol. The molecule has 1 aromatic heterocycles. The maximum Gasteiger partial charge on any atom is 0.485 e. The van der Waals surface area contributed by atoms with Gasteiger partial charge in [-0.05, 0) is 6.42 Å². The Bertz CT molecular complexity index is 258. The minimum atomic E-state index is -0.574. The number of aromatic nitrogens is 1. The molecule has 0 amide bonds. The second kappa shape index (κ2) is 3.56. The zero-order chi connectivity index (χ0) is 8.27. The number of nitrogens with zero attached hydrogens (tertiary/aromatic N) is 1. The number of oxazole rings is 1. The Balaban J connectivity index is 2.80. The molecule has 0 fully saturated rings. The highest BCUT2D eigenvalue weighted by Gasteiger charge is 2.10. The molecule has 11 heavy (non-hydrogen) atoms. The molecule has 1 rings (SSSR count). The Morgan fingerprint density at radius 1 is 1.91 bits per heavy atom. The van der Waals surface area contributed by atoms with E-state index in [-0.39, 0.29) is 5.89 Å². The van der Waals surface area contributed by atoms with Gasteiger partial charge in [0.25, 0.3) is 0 Å². The minimum Gasteiger partial charge on any atom is -0.621 e. The van der Waals surface area contributed by atoms with Crippen molar-refractivity contribution in [3.63, 3.8) is 0 Å². The first-order chi connectivity index (χ1) is 5.27. The van der Waals surface area contributed by atoms with Gasteiger partial charge >= 0.3 is 28.5 Å². The molecule has 0 aliphatic rings. The molecule has 0 aliphatic carbocycles. The van der Waals surface area contributed by atoms with Crippen LogP contribution in [0, 0.1) is 0 Å². The number of carbonyl (C=O) groups excluding carboxylic acids is 1. The maximum absolute atomic E-state index is 10.7. The molecular formula is C6H6AlNO3. The third-order valence-electron chi connectivity index (χ3n) is 1.20. The SMILES string of the molecule is CCc1coc(C(=O)[O][Al])n1. The summed E-state index contributed by atoms with van der Waals surface area (Å²) < 4.78 is 9.12. The van der Waals surface area contributed by atoms with Crippen molar-refractivity contribution in [1.29, 1.82) is 0 Å². The molecule has 0 atom stereocenters. The smallest absolute Gasteiger partial charge is 0.485 e. The summed E-state index contributed by atoms with van der Waals surface area (Å²) in [6.07, 6.45) is 2.19. The van der Waals surface area contributed by atoms with Crippen LogP contribution in [0.25, 0.3) is 0 Å². The van der Waals surface area contributed by atoms with Gasteiger partial charge in [-0.15, -0.1) is 0 Å². The summed E-state index contributed by atoms with van der Waals surface area (Å²) in [4.78, 5) is 14.6. The molecule has 0 bridgehead atoms. The van der Waals surface area contributed by atoms with E-state index in [0.717, 1.165) is 12.1 Å². The molecular weight excluding hydrogens is 161 g/mol. The Morgan fingerprint density at radius 3 is 3.09 bits per heavy atom. The van der Waals surface area contributed by atoms with Crippen LogP contribution < -0.4 is 0 Å². The lowest BCUT2D eigenvalue weighted by molar-refractivity contribution is 0.0708. The van der Waals surface area contributed by atoms with Crippen LogP contribution in [-0.4, -0.2) is 27.6 Å². The predicted octanol–water partition coefficient (Wildman–Crippen LogP) is 0.477. The summed E-state index contributed by atoms with van der Waals surface area (Å²) in [7, 11) is 0. The van der Waals surface area contributed by atoms with Gasteiger partial charge in [-0.2, -0.15) is 0 Å². The second-order valence-electron chi connectivity index (χ2n) is 1.90. The third-order valence-corrected chi connectivity index (χ3v) is 1.41. The molecule has 0 aliphatic heterocycles. The van der Waals surface area contributed by atoms with E-state index in [2.05, 4.69) is 8.77 Å².